The van der Waals surface area contributed by atoms with Crippen LogP contribution >= 0.6 is 22.6 Å². The Labute approximate surface area is 132 Å². The normalized spacial score (nSPS) is 10.3. The Hall–Kier alpha value is -1.77. The highest BCUT2D eigenvalue weighted by Crippen LogP contribution is 2.23. The number of benzene rings is 2. The lowest BCUT2D eigenvalue weighted by Crippen LogP contribution is -2.14. The van der Waals surface area contributed by atoms with Crippen LogP contribution in [0.1, 0.15) is 10.4 Å². The second-order valence-electron chi connectivity index (χ2n) is 4.14. The predicted octanol–water partition coefficient (Wildman–Crippen LogP) is 4.00. The number of hydrogen-bond acceptors (Lipinski definition) is 2. The molecule has 0 bridgehead atoms. The lowest BCUT2D eigenvalue weighted by molar-refractivity contribution is 0.102. The zero-order valence-electron chi connectivity index (χ0n) is 10.8. The van der Waals surface area contributed by atoms with Crippen molar-refractivity contribution in [2.24, 2.45) is 0 Å². The highest BCUT2D eigenvalue weighted by atomic mass is 127. The van der Waals surface area contributed by atoms with Crippen molar-refractivity contribution < 1.29 is 18.0 Å². The fraction of sp³-hybridized carbons (Fsp3) is 0.0714. The van der Waals surface area contributed by atoms with Crippen molar-refractivity contribution >= 4 is 39.9 Å². The van der Waals surface area contributed by atoms with Gasteiger partial charge in [0.05, 0.1) is 5.69 Å². The van der Waals surface area contributed by atoms with Gasteiger partial charge in [-0.05, 0) is 52.9 Å². The van der Waals surface area contributed by atoms with Gasteiger partial charge >= 0.3 is 0 Å². The average molecular weight is 406 g/mol. The summed E-state index contributed by atoms with van der Waals surface area (Å²) in [6, 6.07) is 5.66. The molecule has 0 saturated heterocycles. The maximum atomic E-state index is 13.6. The first-order valence-corrected chi connectivity index (χ1v) is 6.93. The molecule has 2 rings (SSSR count). The molecule has 0 aliphatic carbocycles. The molecule has 2 N–H and O–H groups in total. The summed E-state index contributed by atoms with van der Waals surface area (Å²) in [6.45, 7) is 0. The molecule has 0 aliphatic heterocycles. The molecule has 0 aliphatic rings. The number of hydrogen-bond donors (Lipinski definition) is 2. The van der Waals surface area contributed by atoms with Gasteiger partial charge in [0.15, 0.2) is 0 Å². The molecule has 21 heavy (non-hydrogen) atoms. The molecule has 1 amide bonds. The smallest absolute Gasteiger partial charge is 0.255 e. The van der Waals surface area contributed by atoms with Crippen LogP contribution in [0.15, 0.2) is 30.3 Å². The highest BCUT2D eigenvalue weighted by Gasteiger charge is 2.15. The maximum absolute atomic E-state index is 13.6. The summed E-state index contributed by atoms with van der Waals surface area (Å²) >= 11 is 1.85. The van der Waals surface area contributed by atoms with Gasteiger partial charge in [-0.25, -0.2) is 13.2 Å². The van der Waals surface area contributed by atoms with Crippen molar-refractivity contribution in [3.05, 3.63) is 56.9 Å². The summed E-state index contributed by atoms with van der Waals surface area (Å²) in [7, 11) is 1.38. The first-order chi connectivity index (χ1) is 9.92. The molecule has 0 fully saturated rings. The summed E-state index contributed by atoms with van der Waals surface area (Å²) in [5.74, 6) is -2.85. The van der Waals surface area contributed by atoms with Crippen LogP contribution in [0.5, 0.6) is 0 Å². The van der Waals surface area contributed by atoms with Crippen molar-refractivity contribution in [2.45, 2.75) is 0 Å². The number of rotatable bonds is 3. The van der Waals surface area contributed by atoms with E-state index in [1.165, 1.54) is 25.2 Å². The summed E-state index contributed by atoms with van der Waals surface area (Å²) in [5, 5.41) is 4.85. The predicted molar refractivity (Wildman–Crippen MR) is 83.0 cm³/mol. The quantitative estimate of drug-likeness (QED) is 0.757. The molecule has 0 heterocycles. The molecular formula is C14H10F3IN2O. The number of anilines is 2. The van der Waals surface area contributed by atoms with Gasteiger partial charge in [0.1, 0.15) is 23.1 Å². The number of halogens is 4. The molecule has 0 atom stereocenters. The Balaban J connectivity index is 2.28. The Kier molecular flexibility index (Phi) is 4.71. The Morgan fingerprint density at radius 1 is 1.10 bits per heavy atom. The third-order valence-corrected chi connectivity index (χ3v) is 3.63. The van der Waals surface area contributed by atoms with Gasteiger partial charge in [-0.3, -0.25) is 4.79 Å². The molecule has 2 aromatic rings. The van der Waals surface area contributed by atoms with Gasteiger partial charge in [-0.2, -0.15) is 0 Å². The van der Waals surface area contributed by atoms with Crippen molar-refractivity contribution in [1.29, 1.82) is 0 Å². The molecular weight excluding hydrogens is 396 g/mol. The first-order valence-electron chi connectivity index (χ1n) is 5.85. The maximum Gasteiger partial charge on any atom is 0.255 e. The summed E-state index contributed by atoms with van der Waals surface area (Å²) in [5.41, 5.74) is -0.104. The number of amides is 1. The minimum absolute atomic E-state index is 0.163. The molecule has 0 spiro atoms. The number of nitrogens with one attached hydrogen (secondary N) is 2. The van der Waals surface area contributed by atoms with Gasteiger partial charge in [-0.1, -0.05) is 0 Å². The first kappa shape index (κ1) is 15.6. The van der Waals surface area contributed by atoms with E-state index in [9.17, 15) is 18.0 Å². The van der Waals surface area contributed by atoms with E-state index in [0.29, 0.717) is 9.26 Å². The molecule has 3 nitrogen and oxygen atoms in total. The van der Waals surface area contributed by atoms with Gasteiger partial charge < -0.3 is 10.6 Å². The second-order valence-corrected chi connectivity index (χ2v) is 5.31. The minimum atomic E-state index is -0.864. The van der Waals surface area contributed by atoms with Crippen LogP contribution < -0.4 is 10.6 Å². The molecule has 0 saturated carbocycles. The van der Waals surface area contributed by atoms with Crippen LogP contribution in [0.2, 0.25) is 0 Å². The van der Waals surface area contributed by atoms with Crippen molar-refractivity contribution in [2.75, 3.05) is 17.7 Å². The van der Waals surface area contributed by atoms with E-state index in [-0.39, 0.29) is 11.3 Å². The average Bonchev–Trinajstić information content (AvgIpc) is 2.41. The zero-order valence-corrected chi connectivity index (χ0v) is 13.0. The van der Waals surface area contributed by atoms with Gasteiger partial charge in [0.2, 0.25) is 0 Å². The lowest BCUT2D eigenvalue weighted by Gasteiger charge is -2.10. The van der Waals surface area contributed by atoms with Crippen molar-refractivity contribution in [3.63, 3.8) is 0 Å². The third-order valence-electron chi connectivity index (χ3n) is 2.73. The van der Waals surface area contributed by atoms with Gasteiger partial charge in [0.25, 0.3) is 5.91 Å². The van der Waals surface area contributed by atoms with E-state index >= 15 is 0 Å². The Bertz CT molecular complexity index is 684. The van der Waals surface area contributed by atoms with Crippen molar-refractivity contribution in [3.8, 4) is 0 Å². The van der Waals surface area contributed by atoms with Crippen LogP contribution in [-0.2, 0) is 0 Å². The van der Waals surface area contributed by atoms with E-state index < -0.39 is 23.4 Å². The highest BCUT2D eigenvalue weighted by molar-refractivity contribution is 14.1. The van der Waals surface area contributed by atoms with Gasteiger partial charge in [0, 0.05) is 16.2 Å². The minimum Gasteiger partial charge on any atom is -0.383 e. The van der Waals surface area contributed by atoms with Crippen LogP contribution in [-0.4, -0.2) is 13.0 Å². The monoisotopic (exact) mass is 406 g/mol. The summed E-state index contributed by atoms with van der Waals surface area (Å²) in [4.78, 5) is 12.0. The molecule has 7 heteroatoms. The largest absolute Gasteiger partial charge is 0.383 e. The van der Waals surface area contributed by atoms with Crippen LogP contribution in [0.4, 0.5) is 24.5 Å². The van der Waals surface area contributed by atoms with E-state index in [4.69, 9.17) is 0 Å². The molecule has 0 aromatic heterocycles. The van der Waals surface area contributed by atoms with Crippen LogP contribution in [0, 0.1) is 21.0 Å². The summed E-state index contributed by atoms with van der Waals surface area (Å²) in [6.07, 6.45) is 0. The zero-order chi connectivity index (χ0) is 15.6. The standard InChI is InChI=1S/C14H10F3IN2O/c1-19-13-9(16)4-7(5-10(13)17)14(21)20-12-3-2-8(15)6-11(12)18/h2-6,19H,1H3,(H,20,21). The molecule has 2 aromatic carbocycles. The molecule has 110 valence electrons. The fourth-order valence-electron chi connectivity index (χ4n) is 1.73. The van der Waals surface area contributed by atoms with E-state index in [2.05, 4.69) is 10.6 Å². The second kappa shape index (κ2) is 6.33. The molecule has 0 unspecified atom stereocenters. The third kappa shape index (κ3) is 3.46. The van der Waals surface area contributed by atoms with Crippen molar-refractivity contribution in [1.82, 2.24) is 0 Å². The van der Waals surface area contributed by atoms with Gasteiger partial charge in [-0.15, -0.1) is 0 Å². The number of carbonyl (C=O) groups excluding carboxylic acids is 1. The molecule has 0 radical (unpaired) electrons. The Morgan fingerprint density at radius 3 is 2.24 bits per heavy atom. The van der Waals surface area contributed by atoms with E-state index in [1.807, 2.05) is 22.6 Å². The Morgan fingerprint density at radius 2 is 1.71 bits per heavy atom. The number of carbonyl (C=O) groups is 1. The summed E-state index contributed by atoms with van der Waals surface area (Å²) < 4.78 is 40.7. The lowest BCUT2D eigenvalue weighted by atomic mass is 10.1. The topological polar surface area (TPSA) is 41.1 Å². The van der Waals surface area contributed by atoms with Crippen LogP contribution in [0.25, 0.3) is 0 Å². The fourth-order valence-corrected chi connectivity index (χ4v) is 2.34. The SMILES string of the molecule is CNc1c(F)cc(C(=O)Nc2ccc(F)cc2I)cc1F. The van der Waals surface area contributed by atoms with Crippen LogP contribution in [0.3, 0.4) is 0 Å². The van der Waals surface area contributed by atoms with E-state index in [0.717, 1.165) is 12.1 Å². The van der Waals surface area contributed by atoms with E-state index in [1.54, 1.807) is 0 Å².